The van der Waals surface area contributed by atoms with Gasteiger partial charge in [-0.15, -0.1) is 0 Å². The molecule has 3 aromatic rings. The number of alkyl carbamates (subject to hydrolysis) is 1. The van der Waals surface area contributed by atoms with Gasteiger partial charge in [-0.2, -0.15) is 0 Å². The summed E-state index contributed by atoms with van der Waals surface area (Å²) in [4.78, 5) is 69.1. The Morgan fingerprint density at radius 2 is 1.94 bits per heavy atom. The highest BCUT2D eigenvalue weighted by molar-refractivity contribution is 5.94. The van der Waals surface area contributed by atoms with Crippen LogP contribution in [0.3, 0.4) is 0 Å². The number of aliphatic carboxylic acids is 1. The quantitative estimate of drug-likeness (QED) is 0.214. The first kappa shape index (κ1) is 33.1. The van der Waals surface area contributed by atoms with Gasteiger partial charge in [0.15, 0.2) is 5.60 Å². The smallest absolute Gasteiger partial charge is 0.408 e. The van der Waals surface area contributed by atoms with Crippen molar-refractivity contribution in [2.75, 3.05) is 0 Å². The van der Waals surface area contributed by atoms with Gasteiger partial charge in [-0.3, -0.25) is 14.4 Å². The van der Waals surface area contributed by atoms with E-state index in [0.29, 0.717) is 51.8 Å². The number of esters is 1. The number of fused-ring (bicyclic) bond motifs is 5. The van der Waals surface area contributed by atoms with Gasteiger partial charge < -0.3 is 34.9 Å². The third kappa shape index (κ3) is 5.47. The summed E-state index contributed by atoms with van der Waals surface area (Å²) in [6.45, 7) is 8.00. The number of rotatable bonds is 7. The number of benzene rings is 1. The number of carboxylic acids is 1. The highest BCUT2D eigenvalue weighted by atomic mass is 19.1. The molecule has 1 aromatic carbocycles. The van der Waals surface area contributed by atoms with Crippen LogP contribution in [0.4, 0.5) is 9.18 Å². The van der Waals surface area contributed by atoms with Gasteiger partial charge in [-0.05, 0) is 76.1 Å². The van der Waals surface area contributed by atoms with E-state index >= 15 is 4.39 Å². The summed E-state index contributed by atoms with van der Waals surface area (Å²) in [5.74, 6) is -3.11. The summed E-state index contributed by atoms with van der Waals surface area (Å²) in [5, 5.41) is 26.7. The average molecular weight is 665 g/mol. The number of amides is 2. The summed E-state index contributed by atoms with van der Waals surface area (Å²) < 4.78 is 27.2. The summed E-state index contributed by atoms with van der Waals surface area (Å²) >= 11 is 0. The fraction of sp³-hybridized carbons (Fsp3) is 0.471. The van der Waals surface area contributed by atoms with Crippen molar-refractivity contribution >= 4 is 34.8 Å². The maximum Gasteiger partial charge on any atom is 0.408 e. The highest BCUT2D eigenvalue weighted by Crippen LogP contribution is 2.46. The summed E-state index contributed by atoms with van der Waals surface area (Å²) in [6, 6.07) is 0.945. The van der Waals surface area contributed by atoms with Gasteiger partial charge in [0.25, 0.3) is 5.56 Å². The molecular formula is C34H37FN4O9. The fourth-order valence-corrected chi connectivity index (χ4v) is 6.96. The molecule has 0 saturated heterocycles. The van der Waals surface area contributed by atoms with Crippen molar-refractivity contribution in [3.8, 4) is 11.4 Å². The zero-order valence-electron chi connectivity index (χ0n) is 27.3. The van der Waals surface area contributed by atoms with Gasteiger partial charge in [0.2, 0.25) is 5.91 Å². The van der Waals surface area contributed by atoms with E-state index in [1.807, 2.05) is 0 Å². The number of nitrogens with zero attached hydrogens (tertiary/aromatic N) is 2. The number of carboxylic acid groups (broad SMARTS) is 1. The average Bonchev–Trinajstić information content (AvgIpc) is 3.38. The zero-order chi connectivity index (χ0) is 34.9. The Hall–Kier alpha value is -4.85. The second kappa shape index (κ2) is 11.7. The first-order valence-electron chi connectivity index (χ1n) is 15.9. The second-order valence-corrected chi connectivity index (χ2v) is 13.5. The van der Waals surface area contributed by atoms with Crippen molar-refractivity contribution < 1.29 is 43.3 Å². The molecule has 0 radical (unpaired) electrons. The molecule has 2 aromatic heterocycles. The molecule has 48 heavy (non-hydrogen) atoms. The molecule has 13 nitrogen and oxygen atoms in total. The Kier molecular flexibility index (Phi) is 8.05. The van der Waals surface area contributed by atoms with E-state index in [2.05, 4.69) is 10.6 Å². The second-order valence-electron chi connectivity index (χ2n) is 13.5. The van der Waals surface area contributed by atoms with E-state index in [4.69, 9.17) is 14.5 Å². The highest BCUT2D eigenvalue weighted by Gasteiger charge is 2.46. The molecule has 3 aliphatic rings. The minimum absolute atomic E-state index is 0.0344. The van der Waals surface area contributed by atoms with Crippen molar-refractivity contribution in [1.29, 1.82) is 0 Å². The molecule has 1 aliphatic carbocycles. The predicted octanol–water partition coefficient (Wildman–Crippen LogP) is 3.39. The number of hydrogen-bond acceptors (Lipinski definition) is 9. The van der Waals surface area contributed by atoms with E-state index in [0.717, 1.165) is 5.56 Å². The maximum atomic E-state index is 15.2. The minimum atomic E-state index is -2.03. The van der Waals surface area contributed by atoms with E-state index in [9.17, 15) is 34.2 Å². The standard InChI is InChI=1S/C34H37FN4O9/c1-6-34(46)19-11-24-28-17(13-39(24)30(43)18(19)14-47-31(34)44)27-21(8-7-16-15(2)20(35)12-23(36-28)26(16)27)37-29(42)22(9-10-25(40)41)38-32(45)48-33(3,4)5/h11-12,21-22,46H,6-10,13-14H2,1-5H3,(H,37,42)(H,38,45)(H,40,41)/t21-,22-,34-/m0/s1. The maximum absolute atomic E-state index is 15.2. The number of aryl methyl sites for hydroxylation is 1. The Labute approximate surface area is 274 Å². The van der Waals surface area contributed by atoms with Gasteiger partial charge in [0.1, 0.15) is 24.1 Å². The summed E-state index contributed by atoms with van der Waals surface area (Å²) in [6.07, 6.45) is -0.783. The van der Waals surface area contributed by atoms with Crippen molar-refractivity contribution in [2.24, 2.45) is 0 Å². The first-order chi connectivity index (χ1) is 22.5. The van der Waals surface area contributed by atoms with Gasteiger partial charge in [-0.25, -0.2) is 19.0 Å². The van der Waals surface area contributed by atoms with Gasteiger partial charge in [0, 0.05) is 29.0 Å². The van der Waals surface area contributed by atoms with Crippen LogP contribution in [0.15, 0.2) is 16.9 Å². The number of hydrogen-bond donors (Lipinski definition) is 4. The molecule has 0 fully saturated rings. The Morgan fingerprint density at radius 1 is 1.21 bits per heavy atom. The molecule has 0 bridgehead atoms. The number of carbonyl (C=O) groups is 4. The van der Waals surface area contributed by atoms with E-state index in [1.165, 1.54) is 10.6 Å². The Morgan fingerprint density at radius 3 is 2.60 bits per heavy atom. The topological polar surface area (TPSA) is 186 Å². The summed E-state index contributed by atoms with van der Waals surface area (Å²) in [5.41, 5.74) is 0.294. The van der Waals surface area contributed by atoms with E-state index in [1.54, 1.807) is 40.7 Å². The largest absolute Gasteiger partial charge is 0.481 e. The number of carbonyl (C=O) groups excluding carboxylic acids is 3. The lowest BCUT2D eigenvalue weighted by atomic mass is 9.81. The molecule has 0 unspecified atom stereocenters. The molecule has 3 atom stereocenters. The van der Waals surface area contributed by atoms with Gasteiger partial charge in [-0.1, -0.05) is 6.92 Å². The predicted molar refractivity (Wildman–Crippen MR) is 168 cm³/mol. The van der Waals surface area contributed by atoms with Gasteiger partial charge in [0.05, 0.1) is 35.1 Å². The SMILES string of the molecule is CC[C@@]1(O)C(=O)OCc2c1cc1n(c2=O)Cc2c-1nc1cc(F)c(C)c3c1c2[C@@H](NC(=O)[C@H](CCC(=O)O)NC(=O)OC(C)(C)C)CC3. The number of cyclic esters (lactones) is 1. The Bertz CT molecular complexity index is 1980. The van der Waals surface area contributed by atoms with Crippen LogP contribution in [0.5, 0.6) is 0 Å². The van der Waals surface area contributed by atoms with Crippen molar-refractivity contribution in [3.05, 3.63) is 61.7 Å². The lowest BCUT2D eigenvalue weighted by Gasteiger charge is -2.31. The molecule has 6 rings (SSSR count). The first-order valence-corrected chi connectivity index (χ1v) is 15.9. The number of pyridine rings is 2. The van der Waals surface area contributed by atoms with Crippen LogP contribution in [0.1, 0.15) is 92.8 Å². The Balaban J connectivity index is 1.47. The molecule has 254 valence electrons. The molecule has 0 saturated carbocycles. The van der Waals surface area contributed by atoms with Crippen molar-refractivity contribution in [2.45, 2.75) is 103 Å². The van der Waals surface area contributed by atoms with Gasteiger partial charge >= 0.3 is 18.0 Å². The molecule has 4 heterocycles. The van der Waals surface area contributed by atoms with Crippen LogP contribution >= 0.6 is 0 Å². The van der Waals surface area contributed by atoms with E-state index < -0.39 is 65.0 Å². The number of nitrogens with one attached hydrogen (secondary N) is 2. The number of halogens is 1. The van der Waals surface area contributed by atoms with Crippen LogP contribution in [0.2, 0.25) is 0 Å². The van der Waals surface area contributed by atoms with Crippen LogP contribution in [-0.4, -0.2) is 55.3 Å². The van der Waals surface area contributed by atoms with Crippen LogP contribution in [-0.2, 0) is 49.0 Å². The van der Waals surface area contributed by atoms with Crippen LogP contribution < -0.4 is 16.2 Å². The number of ether oxygens (including phenoxy) is 2. The molecule has 4 N–H and O–H groups in total. The van der Waals surface area contributed by atoms with Crippen LogP contribution in [0.25, 0.3) is 22.3 Å². The lowest BCUT2D eigenvalue weighted by Crippen LogP contribution is -2.49. The lowest BCUT2D eigenvalue weighted by molar-refractivity contribution is -0.172. The third-order valence-corrected chi connectivity index (χ3v) is 9.35. The fourth-order valence-electron chi connectivity index (χ4n) is 6.96. The monoisotopic (exact) mass is 664 g/mol. The van der Waals surface area contributed by atoms with Crippen molar-refractivity contribution in [1.82, 2.24) is 20.2 Å². The molecule has 2 aliphatic heterocycles. The normalized spacial score (nSPS) is 19.9. The minimum Gasteiger partial charge on any atom is -0.481 e. The van der Waals surface area contributed by atoms with Crippen LogP contribution in [0, 0.1) is 12.7 Å². The molecular weight excluding hydrogens is 627 g/mol. The molecule has 0 spiro atoms. The van der Waals surface area contributed by atoms with E-state index in [-0.39, 0.29) is 37.1 Å². The summed E-state index contributed by atoms with van der Waals surface area (Å²) in [7, 11) is 0. The number of aromatic nitrogens is 2. The van der Waals surface area contributed by atoms with Crippen molar-refractivity contribution in [3.63, 3.8) is 0 Å². The molecule has 2 amide bonds. The zero-order valence-corrected chi connectivity index (χ0v) is 27.3. The number of aliphatic hydroxyl groups is 1. The molecule has 14 heteroatoms. The third-order valence-electron chi connectivity index (χ3n) is 9.35.